The molecule has 82 valence electrons. The standard InChI is InChI=1S/C7H16N4O2S/c8-3-5(9)7(13)11-4-6(12)10-1-2-14/h5,14H,1-4,8-9H2,(H,10,12)(H,11,13). The van der Waals surface area contributed by atoms with E-state index in [1.165, 1.54) is 0 Å². The van der Waals surface area contributed by atoms with Gasteiger partial charge in [0.15, 0.2) is 0 Å². The van der Waals surface area contributed by atoms with Crippen LogP contribution in [-0.2, 0) is 9.59 Å². The maximum atomic E-state index is 11.0. The first-order valence-corrected chi connectivity index (χ1v) is 4.86. The molecule has 0 aromatic carbocycles. The van der Waals surface area contributed by atoms with Crippen LogP contribution in [0.4, 0.5) is 0 Å². The van der Waals surface area contributed by atoms with Gasteiger partial charge in [0.05, 0.1) is 12.6 Å². The Morgan fingerprint density at radius 1 is 1.36 bits per heavy atom. The fraction of sp³-hybridized carbons (Fsp3) is 0.714. The van der Waals surface area contributed by atoms with Crippen LogP contribution in [0.5, 0.6) is 0 Å². The number of nitrogens with one attached hydrogen (secondary N) is 2. The van der Waals surface area contributed by atoms with Crippen molar-refractivity contribution in [3.8, 4) is 0 Å². The van der Waals surface area contributed by atoms with E-state index >= 15 is 0 Å². The largest absolute Gasteiger partial charge is 0.354 e. The zero-order valence-corrected chi connectivity index (χ0v) is 8.72. The molecule has 0 rings (SSSR count). The van der Waals surface area contributed by atoms with Crippen molar-refractivity contribution in [1.29, 1.82) is 0 Å². The van der Waals surface area contributed by atoms with Crippen molar-refractivity contribution in [3.05, 3.63) is 0 Å². The average Bonchev–Trinajstić information content (AvgIpc) is 2.21. The molecule has 2 amide bonds. The van der Waals surface area contributed by atoms with E-state index in [1.807, 2.05) is 0 Å². The molecule has 0 aliphatic carbocycles. The van der Waals surface area contributed by atoms with Crippen LogP contribution in [0, 0.1) is 0 Å². The van der Waals surface area contributed by atoms with Crippen LogP contribution in [-0.4, -0.2) is 43.2 Å². The Balaban J connectivity index is 3.61. The van der Waals surface area contributed by atoms with Gasteiger partial charge < -0.3 is 22.1 Å². The van der Waals surface area contributed by atoms with Crippen LogP contribution in [0.3, 0.4) is 0 Å². The van der Waals surface area contributed by atoms with Gasteiger partial charge in [-0.1, -0.05) is 0 Å². The van der Waals surface area contributed by atoms with Crippen molar-refractivity contribution in [2.24, 2.45) is 11.5 Å². The average molecular weight is 220 g/mol. The van der Waals surface area contributed by atoms with Gasteiger partial charge in [0.2, 0.25) is 11.8 Å². The Labute approximate surface area is 88.2 Å². The van der Waals surface area contributed by atoms with Crippen LogP contribution in [0.2, 0.25) is 0 Å². The number of thiol groups is 1. The summed E-state index contributed by atoms with van der Waals surface area (Å²) in [7, 11) is 0. The second-order valence-electron chi connectivity index (χ2n) is 2.63. The van der Waals surface area contributed by atoms with Crippen LogP contribution in [0.25, 0.3) is 0 Å². The van der Waals surface area contributed by atoms with Crippen molar-refractivity contribution in [2.45, 2.75) is 6.04 Å². The monoisotopic (exact) mass is 220 g/mol. The van der Waals surface area contributed by atoms with Gasteiger partial charge in [0.25, 0.3) is 0 Å². The molecule has 6 N–H and O–H groups in total. The summed E-state index contributed by atoms with van der Waals surface area (Å²) in [6, 6.07) is -0.757. The number of hydrogen-bond donors (Lipinski definition) is 5. The molecule has 0 aromatic rings. The predicted molar refractivity (Wildman–Crippen MR) is 56.9 cm³/mol. The molecule has 0 aliphatic rings. The summed E-state index contributed by atoms with van der Waals surface area (Å²) < 4.78 is 0. The molecule has 0 spiro atoms. The van der Waals surface area contributed by atoms with Gasteiger partial charge in [-0.05, 0) is 0 Å². The molecular weight excluding hydrogens is 204 g/mol. The Morgan fingerprint density at radius 3 is 2.50 bits per heavy atom. The van der Waals surface area contributed by atoms with E-state index in [2.05, 4.69) is 23.3 Å². The van der Waals surface area contributed by atoms with E-state index in [0.717, 1.165) is 0 Å². The Bertz CT molecular complexity index is 200. The molecule has 0 radical (unpaired) electrons. The van der Waals surface area contributed by atoms with Gasteiger partial charge in [0, 0.05) is 18.8 Å². The molecule has 14 heavy (non-hydrogen) atoms. The van der Waals surface area contributed by atoms with Gasteiger partial charge in [-0.15, -0.1) is 0 Å². The molecular formula is C7H16N4O2S. The highest BCUT2D eigenvalue weighted by molar-refractivity contribution is 7.80. The molecule has 0 heterocycles. The maximum Gasteiger partial charge on any atom is 0.239 e. The molecule has 0 bridgehead atoms. The van der Waals surface area contributed by atoms with E-state index in [4.69, 9.17) is 11.5 Å². The van der Waals surface area contributed by atoms with Crippen molar-refractivity contribution in [2.75, 3.05) is 25.4 Å². The zero-order chi connectivity index (χ0) is 11.0. The predicted octanol–water partition coefficient (Wildman–Crippen LogP) is -2.57. The minimum atomic E-state index is -0.757. The summed E-state index contributed by atoms with van der Waals surface area (Å²) in [5.74, 6) is -0.132. The SMILES string of the molecule is NCC(N)C(=O)NCC(=O)NCCS. The number of nitrogens with two attached hydrogens (primary N) is 2. The third-order valence-corrected chi connectivity index (χ3v) is 1.67. The molecule has 6 nitrogen and oxygen atoms in total. The lowest BCUT2D eigenvalue weighted by molar-refractivity contribution is -0.126. The summed E-state index contributed by atoms with van der Waals surface area (Å²) in [6.45, 7) is 0.450. The van der Waals surface area contributed by atoms with Gasteiger partial charge in [-0.2, -0.15) is 12.6 Å². The fourth-order valence-corrected chi connectivity index (χ4v) is 0.775. The summed E-state index contributed by atoms with van der Waals surface area (Å²) in [5.41, 5.74) is 10.5. The highest BCUT2D eigenvalue weighted by Crippen LogP contribution is 1.75. The van der Waals surface area contributed by atoms with Crippen LogP contribution in [0.15, 0.2) is 0 Å². The quantitative estimate of drug-likeness (QED) is 0.317. The summed E-state index contributed by atoms with van der Waals surface area (Å²) in [6.07, 6.45) is 0. The minimum Gasteiger partial charge on any atom is -0.354 e. The number of rotatable bonds is 6. The van der Waals surface area contributed by atoms with Crippen molar-refractivity contribution in [1.82, 2.24) is 10.6 Å². The first-order valence-electron chi connectivity index (χ1n) is 4.22. The lowest BCUT2D eigenvalue weighted by Crippen LogP contribution is -2.48. The second kappa shape index (κ2) is 7.60. The molecule has 0 saturated carbocycles. The smallest absolute Gasteiger partial charge is 0.239 e. The summed E-state index contributed by atoms with van der Waals surface area (Å²) >= 11 is 3.91. The number of hydrogen-bond acceptors (Lipinski definition) is 5. The van der Waals surface area contributed by atoms with Gasteiger partial charge in [-0.25, -0.2) is 0 Å². The highest BCUT2D eigenvalue weighted by atomic mass is 32.1. The molecule has 7 heteroatoms. The Kier molecular flexibility index (Phi) is 7.17. The van der Waals surface area contributed by atoms with Gasteiger partial charge in [-0.3, -0.25) is 9.59 Å². The van der Waals surface area contributed by atoms with Gasteiger partial charge >= 0.3 is 0 Å². The number of carbonyl (C=O) groups is 2. The van der Waals surface area contributed by atoms with E-state index in [1.54, 1.807) is 0 Å². The normalized spacial score (nSPS) is 11.9. The van der Waals surface area contributed by atoms with E-state index < -0.39 is 11.9 Å². The number of carbonyl (C=O) groups excluding carboxylic acids is 2. The summed E-state index contributed by atoms with van der Waals surface area (Å²) in [4.78, 5) is 22.0. The molecule has 0 fully saturated rings. The first kappa shape index (κ1) is 13.2. The highest BCUT2D eigenvalue weighted by Gasteiger charge is 2.11. The second-order valence-corrected chi connectivity index (χ2v) is 3.08. The van der Waals surface area contributed by atoms with Crippen molar-refractivity contribution >= 4 is 24.4 Å². The molecule has 1 unspecified atom stereocenters. The van der Waals surface area contributed by atoms with E-state index in [0.29, 0.717) is 12.3 Å². The minimum absolute atomic E-state index is 0.0596. The molecule has 1 atom stereocenters. The topological polar surface area (TPSA) is 110 Å². The van der Waals surface area contributed by atoms with Crippen molar-refractivity contribution < 1.29 is 9.59 Å². The first-order chi connectivity index (χ1) is 6.61. The third kappa shape index (κ3) is 5.79. The van der Waals surface area contributed by atoms with E-state index in [-0.39, 0.29) is 19.0 Å². The number of amides is 2. The lowest BCUT2D eigenvalue weighted by atomic mass is 10.3. The Hall–Kier alpha value is -0.790. The van der Waals surface area contributed by atoms with Crippen molar-refractivity contribution in [3.63, 3.8) is 0 Å². The van der Waals surface area contributed by atoms with Crippen LogP contribution in [0.1, 0.15) is 0 Å². The fourth-order valence-electron chi connectivity index (χ4n) is 0.663. The zero-order valence-electron chi connectivity index (χ0n) is 7.82. The third-order valence-electron chi connectivity index (χ3n) is 1.45. The van der Waals surface area contributed by atoms with Crippen LogP contribution < -0.4 is 22.1 Å². The lowest BCUT2D eigenvalue weighted by Gasteiger charge is -2.09. The summed E-state index contributed by atoms with van der Waals surface area (Å²) in [5, 5.41) is 4.90. The maximum absolute atomic E-state index is 11.0. The molecule has 0 saturated heterocycles. The van der Waals surface area contributed by atoms with Gasteiger partial charge in [0.1, 0.15) is 0 Å². The van der Waals surface area contributed by atoms with E-state index in [9.17, 15) is 9.59 Å². The molecule has 0 aliphatic heterocycles. The molecule has 0 aromatic heterocycles. The van der Waals surface area contributed by atoms with Crippen LogP contribution >= 0.6 is 12.6 Å². The Morgan fingerprint density at radius 2 is 2.00 bits per heavy atom.